The molecular weight excluding hydrogens is 236 g/mol. The first-order chi connectivity index (χ1) is 8.56. The fourth-order valence-corrected chi connectivity index (χ4v) is 1.39. The number of aryl methyl sites for hydroxylation is 1. The van der Waals surface area contributed by atoms with E-state index >= 15 is 0 Å². The molecule has 18 heavy (non-hydrogen) atoms. The zero-order valence-electron chi connectivity index (χ0n) is 9.91. The van der Waals surface area contributed by atoms with Crippen molar-refractivity contribution in [2.24, 2.45) is 0 Å². The van der Waals surface area contributed by atoms with E-state index in [1.807, 2.05) is 6.92 Å². The number of hydrogen-bond donors (Lipinski definition) is 2. The molecule has 2 aromatic heterocycles. The number of nitrogens with one attached hydrogen (secondary N) is 1. The van der Waals surface area contributed by atoms with Crippen LogP contribution in [0.2, 0.25) is 0 Å². The van der Waals surface area contributed by atoms with Crippen molar-refractivity contribution in [3.05, 3.63) is 35.9 Å². The van der Waals surface area contributed by atoms with Crippen LogP contribution in [0.4, 0.5) is 5.82 Å². The summed E-state index contributed by atoms with van der Waals surface area (Å²) in [6, 6.07) is -0.225. The summed E-state index contributed by atoms with van der Waals surface area (Å²) in [6.45, 7) is 3.63. The van der Waals surface area contributed by atoms with Gasteiger partial charge < -0.3 is 14.8 Å². The second kappa shape index (κ2) is 4.82. The number of anilines is 1. The van der Waals surface area contributed by atoms with E-state index in [9.17, 15) is 4.79 Å². The minimum absolute atomic E-state index is 0.115. The largest absolute Gasteiger partial charge is 0.476 e. The Morgan fingerprint density at radius 1 is 1.44 bits per heavy atom. The molecule has 1 atom stereocenters. The van der Waals surface area contributed by atoms with Crippen molar-refractivity contribution in [2.75, 3.05) is 5.32 Å². The Morgan fingerprint density at radius 2 is 2.22 bits per heavy atom. The van der Waals surface area contributed by atoms with Gasteiger partial charge in [0.05, 0.1) is 18.6 Å². The number of aromatic nitrogens is 3. The molecule has 94 valence electrons. The van der Waals surface area contributed by atoms with Gasteiger partial charge >= 0.3 is 5.97 Å². The Bertz CT molecular complexity index is 567. The van der Waals surface area contributed by atoms with E-state index in [2.05, 4.69) is 20.3 Å². The quantitative estimate of drug-likeness (QED) is 0.848. The van der Waals surface area contributed by atoms with Gasteiger partial charge in [-0.25, -0.2) is 14.8 Å². The average molecular weight is 248 g/mol. The number of carboxylic acid groups (broad SMARTS) is 1. The van der Waals surface area contributed by atoms with Crippen LogP contribution < -0.4 is 5.32 Å². The highest BCUT2D eigenvalue weighted by molar-refractivity contribution is 5.85. The lowest BCUT2D eigenvalue weighted by atomic mass is 10.3. The fourth-order valence-electron chi connectivity index (χ4n) is 1.39. The minimum Gasteiger partial charge on any atom is -0.476 e. The third kappa shape index (κ3) is 2.62. The summed E-state index contributed by atoms with van der Waals surface area (Å²) in [5.74, 6) is 0.461. The first-order valence-electron chi connectivity index (χ1n) is 5.30. The van der Waals surface area contributed by atoms with Gasteiger partial charge in [-0.3, -0.25) is 4.98 Å². The third-order valence-electron chi connectivity index (χ3n) is 2.23. The molecule has 0 aromatic carbocycles. The molecule has 1 unspecified atom stereocenters. The highest BCUT2D eigenvalue weighted by Gasteiger charge is 2.13. The molecule has 0 saturated carbocycles. The van der Waals surface area contributed by atoms with E-state index in [1.54, 1.807) is 13.1 Å². The van der Waals surface area contributed by atoms with Crippen LogP contribution in [0, 0.1) is 6.92 Å². The van der Waals surface area contributed by atoms with Gasteiger partial charge in [0.2, 0.25) is 5.89 Å². The summed E-state index contributed by atoms with van der Waals surface area (Å²) in [5.41, 5.74) is -0.115. The van der Waals surface area contributed by atoms with Crippen molar-refractivity contribution >= 4 is 11.8 Å². The molecule has 0 aliphatic carbocycles. The maximum atomic E-state index is 10.8. The maximum absolute atomic E-state index is 10.8. The van der Waals surface area contributed by atoms with Gasteiger partial charge in [0.1, 0.15) is 17.6 Å². The van der Waals surface area contributed by atoms with Gasteiger partial charge in [-0.05, 0) is 13.8 Å². The molecule has 2 aromatic rings. The molecule has 2 heterocycles. The van der Waals surface area contributed by atoms with Crippen LogP contribution in [0.5, 0.6) is 0 Å². The Kier molecular flexibility index (Phi) is 3.22. The molecule has 7 heteroatoms. The number of rotatable bonds is 4. The molecule has 2 rings (SSSR count). The minimum atomic E-state index is -1.12. The molecule has 0 radical (unpaired) electrons. The third-order valence-corrected chi connectivity index (χ3v) is 2.23. The summed E-state index contributed by atoms with van der Waals surface area (Å²) in [7, 11) is 0. The molecule has 0 spiro atoms. The number of oxazole rings is 1. The first kappa shape index (κ1) is 12.0. The van der Waals surface area contributed by atoms with Crippen LogP contribution in [-0.4, -0.2) is 26.0 Å². The van der Waals surface area contributed by atoms with E-state index < -0.39 is 5.97 Å². The zero-order chi connectivity index (χ0) is 13.1. The number of hydrogen-bond acceptors (Lipinski definition) is 6. The Morgan fingerprint density at radius 3 is 2.83 bits per heavy atom. The lowest BCUT2D eigenvalue weighted by Crippen LogP contribution is -2.10. The Labute approximate surface area is 103 Å². The first-order valence-corrected chi connectivity index (χ1v) is 5.30. The van der Waals surface area contributed by atoms with Crippen molar-refractivity contribution in [3.63, 3.8) is 0 Å². The Balaban J connectivity index is 2.14. The van der Waals surface area contributed by atoms with E-state index in [0.29, 0.717) is 17.5 Å². The summed E-state index contributed by atoms with van der Waals surface area (Å²) in [6.07, 6.45) is 4.25. The molecule has 0 fully saturated rings. The fraction of sp³-hybridized carbons (Fsp3) is 0.273. The molecule has 0 saturated heterocycles. The van der Waals surface area contributed by atoms with E-state index in [-0.39, 0.29) is 11.7 Å². The zero-order valence-corrected chi connectivity index (χ0v) is 9.91. The number of nitrogens with zero attached hydrogens (tertiary/aromatic N) is 3. The van der Waals surface area contributed by atoms with Gasteiger partial charge in [0.25, 0.3) is 0 Å². The van der Waals surface area contributed by atoms with Crippen molar-refractivity contribution in [2.45, 2.75) is 19.9 Å². The second-order valence-electron chi connectivity index (χ2n) is 3.77. The maximum Gasteiger partial charge on any atom is 0.356 e. The van der Waals surface area contributed by atoms with Gasteiger partial charge in [-0.2, -0.15) is 0 Å². The predicted octanol–water partition coefficient (Wildman–Crippen LogP) is 1.64. The van der Waals surface area contributed by atoms with Crippen molar-refractivity contribution in [3.8, 4) is 0 Å². The van der Waals surface area contributed by atoms with Gasteiger partial charge in [-0.15, -0.1) is 0 Å². The second-order valence-corrected chi connectivity index (χ2v) is 3.77. The van der Waals surface area contributed by atoms with Gasteiger partial charge in [0, 0.05) is 0 Å². The van der Waals surface area contributed by atoms with Crippen LogP contribution in [0.25, 0.3) is 0 Å². The van der Waals surface area contributed by atoms with Crippen molar-refractivity contribution in [1.82, 2.24) is 15.0 Å². The highest BCUT2D eigenvalue weighted by atomic mass is 16.4. The monoisotopic (exact) mass is 248 g/mol. The van der Waals surface area contributed by atoms with Crippen LogP contribution in [0.15, 0.2) is 23.0 Å². The molecule has 2 N–H and O–H groups in total. The van der Waals surface area contributed by atoms with E-state index in [0.717, 1.165) is 0 Å². The lowest BCUT2D eigenvalue weighted by molar-refractivity contribution is 0.0690. The molecule has 0 aliphatic heterocycles. The predicted molar refractivity (Wildman–Crippen MR) is 62.3 cm³/mol. The average Bonchev–Trinajstić information content (AvgIpc) is 2.76. The SMILES string of the molecule is Cc1cnc(C(C)Nc2cncc(C(=O)O)n2)o1. The standard InChI is InChI=1S/C11H12N4O3/c1-6-3-13-10(18-6)7(2)14-9-5-12-4-8(15-9)11(16)17/h3-5,7H,1-2H3,(H,14,15)(H,16,17). The molecule has 7 nitrogen and oxygen atoms in total. The van der Waals surface area contributed by atoms with Crippen LogP contribution in [0.3, 0.4) is 0 Å². The van der Waals surface area contributed by atoms with Gasteiger partial charge in [-0.1, -0.05) is 0 Å². The smallest absolute Gasteiger partial charge is 0.356 e. The summed E-state index contributed by atoms with van der Waals surface area (Å²) in [4.78, 5) is 22.5. The summed E-state index contributed by atoms with van der Waals surface area (Å²) < 4.78 is 5.36. The molecule has 0 aliphatic rings. The molecule has 0 amide bonds. The summed E-state index contributed by atoms with van der Waals surface area (Å²) in [5, 5.41) is 11.8. The van der Waals surface area contributed by atoms with Crippen LogP contribution in [-0.2, 0) is 0 Å². The molecular formula is C11H12N4O3. The van der Waals surface area contributed by atoms with Gasteiger partial charge in [0.15, 0.2) is 5.69 Å². The van der Waals surface area contributed by atoms with E-state index in [4.69, 9.17) is 9.52 Å². The Hall–Kier alpha value is -2.44. The number of aromatic carboxylic acids is 1. The number of carbonyl (C=O) groups is 1. The summed E-state index contributed by atoms with van der Waals surface area (Å²) >= 11 is 0. The topological polar surface area (TPSA) is 101 Å². The molecule has 0 bridgehead atoms. The number of carboxylic acids is 1. The van der Waals surface area contributed by atoms with E-state index in [1.165, 1.54) is 12.4 Å². The highest BCUT2D eigenvalue weighted by Crippen LogP contribution is 2.17. The van der Waals surface area contributed by atoms with Crippen LogP contribution in [0.1, 0.15) is 35.1 Å². The van der Waals surface area contributed by atoms with Crippen molar-refractivity contribution < 1.29 is 14.3 Å². The normalized spacial score (nSPS) is 12.1. The lowest BCUT2D eigenvalue weighted by Gasteiger charge is -2.10. The van der Waals surface area contributed by atoms with Crippen molar-refractivity contribution in [1.29, 1.82) is 0 Å². The van der Waals surface area contributed by atoms with Crippen LogP contribution >= 0.6 is 0 Å².